The highest BCUT2D eigenvalue weighted by atomic mass is 79.9. The predicted octanol–water partition coefficient (Wildman–Crippen LogP) is 3.14. The van der Waals surface area contributed by atoms with Crippen LogP contribution in [0.1, 0.15) is 31.2 Å². The monoisotopic (exact) mass is 398 g/mol. The molecular weight excluding hydrogens is 380 g/mol. The maximum atomic E-state index is 9.38. The van der Waals surface area contributed by atoms with Crippen molar-refractivity contribution < 1.29 is 0 Å². The topological polar surface area (TPSA) is 68.9 Å². The molecule has 25 heavy (non-hydrogen) atoms. The molecule has 4 rings (SSSR count). The van der Waals surface area contributed by atoms with Crippen LogP contribution in [0.25, 0.3) is 0 Å². The number of nitriles is 1. The van der Waals surface area contributed by atoms with Crippen molar-refractivity contribution in [3.63, 3.8) is 0 Å². The fourth-order valence-corrected chi connectivity index (χ4v) is 3.91. The third kappa shape index (κ3) is 3.45. The Labute approximate surface area is 155 Å². The van der Waals surface area contributed by atoms with Crippen LogP contribution in [-0.4, -0.2) is 40.1 Å². The molecule has 1 saturated heterocycles. The third-order valence-electron chi connectivity index (χ3n) is 4.88. The Balaban J connectivity index is 1.49. The van der Waals surface area contributed by atoms with Crippen LogP contribution < -0.4 is 9.80 Å². The van der Waals surface area contributed by atoms with Crippen LogP contribution in [0.15, 0.2) is 35.3 Å². The van der Waals surface area contributed by atoms with Gasteiger partial charge in [-0.15, -0.1) is 0 Å². The predicted molar refractivity (Wildman–Crippen MR) is 99.4 cm³/mol. The Kier molecular flexibility index (Phi) is 4.53. The zero-order valence-electron chi connectivity index (χ0n) is 13.8. The first-order chi connectivity index (χ1) is 12.3. The molecule has 0 aromatic carbocycles. The first-order valence-corrected chi connectivity index (χ1v) is 9.40. The van der Waals surface area contributed by atoms with Gasteiger partial charge >= 0.3 is 0 Å². The fourth-order valence-electron chi connectivity index (χ4n) is 3.58. The van der Waals surface area contributed by atoms with Crippen LogP contribution in [0.5, 0.6) is 0 Å². The number of piperidine rings is 1. The summed E-state index contributed by atoms with van der Waals surface area (Å²) in [5, 5.41) is 9.38. The highest BCUT2D eigenvalue weighted by Crippen LogP contribution is 2.35. The Morgan fingerprint density at radius 1 is 1.16 bits per heavy atom. The van der Waals surface area contributed by atoms with E-state index in [1.807, 2.05) is 18.3 Å². The molecule has 0 spiro atoms. The number of aromatic nitrogens is 3. The molecule has 0 unspecified atom stereocenters. The van der Waals surface area contributed by atoms with Gasteiger partial charge in [-0.3, -0.25) is 0 Å². The van der Waals surface area contributed by atoms with Crippen LogP contribution in [0.3, 0.4) is 0 Å². The molecule has 128 valence electrons. The van der Waals surface area contributed by atoms with Crippen LogP contribution in [-0.2, 0) is 0 Å². The van der Waals surface area contributed by atoms with E-state index in [0.717, 1.165) is 42.0 Å². The minimum atomic E-state index is 0.486. The Morgan fingerprint density at radius 2 is 1.92 bits per heavy atom. The maximum Gasteiger partial charge on any atom is 0.146 e. The summed E-state index contributed by atoms with van der Waals surface area (Å²) in [6.07, 6.45) is 9.79. The Bertz CT molecular complexity index is 778. The average molecular weight is 399 g/mol. The van der Waals surface area contributed by atoms with Gasteiger partial charge in [0.15, 0.2) is 0 Å². The van der Waals surface area contributed by atoms with Crippen LogP contribution in [0, 0.1) is 11.3 Å². The van der Waals surface area contributed by atoms with E-state index in [1.165, 1.54) is 12.8 Å². The van der Waals surface area contributed by atoms with Gasteiger partial charge in [-0.2, -0.15) is 5.26 Å². The Morgan fingerprint density at radius 3 is 2.56 bits per heavy atom. The van der Waals surface area contributed by atoms with Crippen molar-refractivity contribution in [1.82, 2.24) is 15.0 Å². The SMILES string of the molecule is N#Cc1cc(Br)cnc1N1CCC(N(c2ccncn2)C2CC2)CC1. The van der Waals surface area contributed by atoms with E-state index in [1.54, 1.807) is 12.5 Å². The van der Waals surface area contributed by atoms with Crippen molar-refractivity contribution in [3.8, 4) is 6.07 Å². The number of halogens is 1. The molecule has 2 fully saturated rings. The molecule has 0 radical (unpaired) electrons. The first kappa shape index (κ1) is 16.3. The van der Waals surface area contributed by atoms with Gasteiger partial charge in [-0.05, 0) is 53.7 Å². The maximum absolute atomic E-state index is 9.38. The van der Waals surface area contributed by atoms with E-state index >= 15 is 0 Å². The second kappa shape index (κ2) is 6.96. The zero-order chi connectivity index (χ0) is 17.2. The quantitative estimate of drug-likeness (QED) is 0.787. The number of rotatable bonds is 4. The molecule has 6 nitrogen and oxygen atoms in total. The lowest BCUT2D eigenvalue weighted by atomic mass is 10.0. The van der Waals surface area contributed by atoms with Gasteiger partial charge in [0, 0.05) is 42.0 Å². The van der Waals surface area contributed by atoms with Gasteiger partial charge in [0.05, 0.1) is 5.56 Å². The molecule has 2 aliphatic rings. The summed E-state index contributed by atoms with van der Waals surface area (Å²) < 4.78 is 0.839. The zero-order valence-corrected chi connectivity index (χ0v) is 15.4. The van der Waals surface area contributed by atoms with Crippen molar-refractivity contribution in [2.24, 2.45) is 0 Å². The minimum Gasteiger partial charge on any atom is -0.355 e. The largest absolute Gasteiger partial charge is 0.355 e. The van der Waals surface area contributed by atoms with E-state index < -0.39 is 0 Å². The smallest absolute Gasteiger partial charge is 0.146 e. The van der Waals surface area contributed by atoms with Gasteiger partial charge in [0.25, 0.3) is 0 Å². The van der Waals surface area contributed by atoms with E-state index in [4.69, 9.17) is 0 Å². The van der Waals surface area contributed by atoms with Crippen molar-refractivity contribution >= 4 is 27.6 Å². The van der Waals surface area contributed by atoms with Crippen LogP contribution in [0.2, 0.25) is 0 Å². The van der Waals surface area contributed by atoms with Crippen LogP contribution >= 0.6 is 15.9 Å². The normalized spacial score (nSPS) is 18.0. The van der Waals surface area contributed by atoms with E-state index in [0.29, 0.717) is 17.6 Å². The molecule has 0 atom stereocenters. The molecule has 1 aliphatic carbocycles. The highest BCUT2D eigenvalue weighted by molar-refractivity contribution is 9.10. The summed E-state index contributed by atoms with van der Waals surface area (Å²) >= 11 is 3.39. The fraction of sp³-hybridized carbons (Fsp3) is 0.444. The van der Waals surface area contributed by atoms with E-state index in [9.17, 15) is 5.26 Å². The molecule has 3 heterocycles. The number of hydrogen-bond acceptors (Lipinski definition) is 6. The summed E-state index contributed by atoms with van der Waals surface area (Å²) in [6.45, 7) is 1.81. The number of pyridine rings is 1. The number of anilines is 2. The van der Waals surface area contributed by atoms with Gasteiger partial charge in [-0.1, -0.05) is 0 Å². The molecule has 0 amide bonds. The lowest BCUT2D eigenvalue weighted by Crippen LogP contribution is -2.46. The summed E-state index contributed by atoms with van der Waals surface area (Å²) in [5.41, 5.74) is 0.627. The standard InChI is InChI=1S/C18H19BrN6/c19-14-9-13(10-20)18(22-11-14)24-7-4-16(5-8-24)25(15-1-2-15)17-3-6-21-12-23-17/h3,6,9,11-12,15-16H,1-2,4-5,7-8H2. The lowest BCUT2D eigenvalue weighted by Gasteiger charge is -2.40. The van der Waals surface area contributed by atoms with Crippen molar-refractivity contribution in [1.29, 1.82) is 5.26 Å². The molecule has 0 N–H and O–H groups in total. The van der Waals surface area contributed by atoms with Gasteiger partial charge in [0.2, 0.25) is 0 Å². The van der Waals surface area contributed by atoms with E-state index in [2.05, 4.69) is 46.8 Å². The molecular formula is C18H19BrN6. The minimum absolute atomic E-state index is 0.486. The molecule has 1 aliphatic heterocycles. The van der Waals surface area contributed by atoms with E-state index in [-0.39, 0.29) is 0 Å². The van der Waals surface area contributed by atoms with Crippen LogP contribution in [0.4, 0.5) is 11.6 Å². The van der Waals surface area contributed by atoms with Gasteiger partial charge in [-0.25, -0.2) is 15.0 Å². The Hall–Kier alpha value is -2.20. The first-order valence-electron chi connectivity index (χ1n) is 8.61. The summed E-state index contributed by atoms with van der Waals surface area (Å²) in [4.78, 5) is 17.7. The molecule has 1 saturated carbocycles. The molecule has 2 aromatic heterocycles. The summed E-state index contributed by atoms with van der Waals surface area (Å²) in [7, 11) is 0. The third-order valence-corrected chi connectivity index (χ3v) is 5.32. The lowest BCUT2D eigenvalue weighted by molar-refractivity contribution is 0.457. The van der Waals surface area contributed by atoms with Crippen molar-refractivity contribution in [2.45, 2.75) is 37.8 Å². The van der Waals surface area contributed by atoms with Gasteiger partial charge < -0.3 is 9.80 Å². The molecule has 0 bridgehead atoms. The molecule has 2 aromatic rings. The summed E-state index contributed by atoms with van der Waals surface area (Å²) in [5.74, 6) is 1.83. The number of nitrogens with zero attached hydrogens (tertiary/aromatic N) is 6. The molecule has 7 heteroatoms. The highest BCUT2D eigenvalue weighted by Gasteiger charge is 2.36. The second-order valence-corrected chi connectivity index (χ2v) is 7.48. The van der Waals surface area contributed by atoms with Gasteiger partial charge in [0.1, 0.15) is 24.0 Å². The van der Waals surface area contributed by atoms with Crippen molar-refractivity contribution in [3.05, 3.63) is 40.9 Å². The second-order valence-electron chi connectivity index (χ2n) is 6.56. The van der Waals surface area contributed by atoms with Crippen molar-refractivity contribution in [2.75, 3.05) is 22.9 Å². The average Bonchev–Trinajstić information content (AvgIpc) is 3.48. The number of hydrogen-bond donors (Lipinski definition) is 0. The summed E-state index contributed by atoms with van der Waals surface area (Å²) in [6, 6.07) is 7.21.